The molecule has 0 bridgehead atoms. The summed E-state index contributed by atoms with van der Waals surface area (Å²) in [5.41, 5.74) is 3.01. The minimum Gasteiger partial charge on any atom is -0.493 e. The molecular weight excluding hydrogens is 404 g/mol. The summed E-state index contributed by atoms with van der Waals surface area (Å²) in [4.78, 5) is 26.1. The van der Waals surface area contributed by atoms with Gasteiger partial charge in [-0.1, -0.05) is 41.7 Å². The van der Waals surface area contributed by atoms with Crippen LogP contribution in [0.5, 0.6) is 11.5 Å². The first-order valence-corrected chi connectivity index (χ1v) is 10.2. The lowest BCUT2D eigenvalue weighted by Crippen LogP contribution is -2.40. The molecule has 1 atom stereocenters. The highest BCUT2D eigenvalue weighted by atomic mass is 32.1. The predicted octanol–water partition coefficient (Wildman–Crippen LogP) is 4.46. The van der Waals surface area contributed by atoms with Crippen LogP contribution >= 0.6 is 11.3 Å². The lowest BCUT2D eigenvalue weighted by Gasteiger charge is -2.38. The van der Waals surface area contributed by atoms with Crippen LogP contribution < -0.4 is 9.47 Å². The van der Waals surface area contributed by atoms with E-state index in [0.717, 1.165) is 28.0 Å². The van der Waals surface area contributed by atoms with Crippen molar-refractivity contribution in [2.45, 2.75) is 12.5 Å². The first kappa shape index (κ1) is 19.9. The minimum atomic E-state index is -0.473. The number of carbonyl (C=O) groups is 1. The number of hydrogen-bond donors (Lipinski definition) is 0. The van der Waals surface area contributed by atoms with Crippen molar-refractivity contribution in [3.63, 3.8) is 0 Å². The van der Waals surface area contributed by atoms with Crippen LogP contribution in [0.3, 0.4) is 0 Å². The average molecular weight is 424 g/mol. The monoisotopic (exact) mass is 424 g/mol. The summed E-state index contributed by atoms with van der Waals surface area (Å²) < 4.78 is 10.9. The second-order valence-electron chi connectivity index (χ2n) is 6.86. The summed E-state index contributed by atoms with van der Waals surface area (Å²) >= 11 is 0.900. The molecule has 0 fully saturated rings. The Labute approximate surface area is 177 Å². The summed E-state index contributed by atoms with van der Waals surface area (Å²) in [6.07, 6.45) is 0.651. The molecule has 0 saturated heterocycles. The van der Waals surface area contributed by atoms with Crippen LogP contribution in [-0.2, 0) is 6.42 Å². The predicted molar refractivity (Wildman–Crippen MR) is 114 cm³/mol. The van der Waals surface area contributed by atoms with Gasteiger partial charge < -0.3 is 14.4 Å². The number of amides is 1. The van der Waals surface area contributed by atoms with E-state index in [1.807, 2.05) is 42.5 Å². The van der Waals surface area contributed by atoms with Crippen LogP contribution in [0.2, 0.25) is 0 Å². The standard InChI is InChI=1S/C22H20N2O5S/c1-28-17-12-15-10-11-23(22(25)19-8-9-20(30-19)24(26)27)21(14-6-4-3-5-7-14)16(15)13-18(17)29-2/h3-9,12-13,21H,10-11H2,1-2H3. The molecule has 1 unspecified atom stereocenters. The van der Waals surface area contributed by atoms with Crippen LogP contribution in [-0.4, -0.2) is 36.5 Å². The van der Waals surface area contributed by atoms with Crippen molar-refractivity contribution in [3.05, 3.63) is 86.3 Å². The van der Waals surface area contributed by atoms with Crippen molar-refractivity contribution in [1.29, 1.82) is 0 Å². The zero-order chi connectivity index (χ0) is 21.3. The maximum atomic E-state index is 13.4. The van der Waals surface area contributed by atoms with Gasteiger partial charge in [0.25, 0.3) is 5.91 Å². The number of carbonyl (C=O) groups excluding carboxylic acids is 1. The number of thiophene rings is 1. The molecule has 2 aromatic carbocycles. The van der Waals surface area contributed by atoms with E-state index >= 15 is 0 Å². The molecule has 154 valence electrons. The number of rotatable bonds is 5. The number of fused-ring (bicyclic) bond motifs is 1. The normalized spacial score (nSPS) is 15.4. The van der Waals surface area contributed by atoms with Gasteiger partial charge in [-0.15, -0.1) is 0 Å². The number of ether oxygens (including phenoxy) is 2. The van der Waals surface area contributed by atoms with Gasteiger partial charge in [0.15, 0.2) is 11.5 Å². The maximum Gasteiger partial charge on any atom is 0.324 e. The van der Waals surface area contributed by atoms with E-state index in [-0.39, 0.29) is 17.0 Å². The Hall–Kier alpha value is -3.39. The molecule has 0 radical (unpaired) electrons. The topological polar surface area (TPSA) is 81.9 Å². The van der Waals surface area contributed by atoms with Gasteiger partial charge in [0.2, 0.25) is 0 Å². The third-order valence-electron chi connectivity index (χ3n) is 5.23. The Bertz CT molecular complexity index is 1100. The molecule has 4 rings (SSSR count). The molecule has 3 aromatic rings. The van der Waals surface area contributed by atoms with Crippen molar-refractivity contribution in [2.24, 2.45) is 0 Å². The Balaban J connectivity index is 1.81. The number of hydrogen-bond acceptors (Lipinski definition) is 6. The van der Waals surface area contributed by atoms with Crippen molar-refractivity contribution >= 4 is 22.2 Å². The molecular formula is C22H20N2O5S. The summed E-state index contributed by atoms with van der Waals surface area (Å²) in [7, 11) is 3.18. The average Bonchev–Trinajstić information content (AvgIpc) is 3.28. The molecule has 30 heavy (non-hydrogen) atoms. The fourth-order valence-electron chi connectivity index (χ4n) is 3.84. The van der Waals surface area contributed by atoms with Gasteiger partial charge in [0, 0.05) is 12.6 Å². The smallest absolute Gasteiger partial charge is 0.324 e. The molecule has 0 saturated carbocycles. The Morgan fingerprint density at radius 3 is 2.43 bits per heavy atom. The quantitative estimate of drug-likeness (QED) is 0.446. The van der Waals surface area contributed by atoms with Gasteiger partial charge in [-0.2, -0.15) is 0 Å². The van der Waals surface area contributed by atoms with Crippen LogP contribution in [0, 0.1) is 10.1 Å². The molecule has 8 heteroatoms. The molecule has 0 spiro atoms. The fourth-order valence-corrected chi connectivity index (χ4v) is 4.62. The Morgan fingerprint density at radius 1 is 1.10 bits per heavy atom. The Kier molecular flexibility index (Phi) is 5.41. The van der Waals surface area contributed by atoms with E-state index in [0.29, 0.717) is 29.3 Å². The summed E-state index contributed by atoms with van der Waals surface area (Å²) in [6, 6.07) is 16.2. The number of nitrogens with zero attached hydrogens (tertiary/aromatic N) is 2. The van der Waals surface area contributed by atoms with Crippen LogP contribution in [0.25, 0.3) is 0 Å². The van der Waals surface area contributed by atoms with E-state index < -0.39 is 4.92 Å². The lowest BCUT2D eigenvalue weighted by atomic mass is 9.87. The SMILES string of the molecule is COc1cc2c(cc1OC)C(c1ccccc1)N(C(=O)c1ccc([N+](=O)[O-])s1)CC2. The Morgan fingerprint density at radius 2 is 1.80 bits per heavy atom. The van der Waals surface area contributed by atoms with E-state index in [4.69, 9.17) is 9.47 Å². The van der Waals surface area contributed by atoms with Gasteiger partial charge in [-0.05, 0) is 41.3 Å². The van der Waals surface area contributed by atoms with Crippen molar-refractivity contribution < 1.29 is 19.2 Å². The first-order valence-electron chi connectivity index (χ1n) is 9.38. The zero-order valence-corrected chi connectivity index (χ0v) is 17.3. The largest absolute Gasteiger partial charge is 0.493 e. The fraction of sp³-hybridized carbons (Fsp3) is 0.227. The highest BCUT2D eigenvalue weighted by Gasteiger charge is 2.34. The van der Waals surface area contributed by atoms with E-state index in [2.05, 4.69) is 0 Å². The lowest BCUT2D eigenvalue weighted by molar-refractivity contribution is -0.380. The van der Waals surface area contributed by atoms with Gasteiger partial charge in [0.05, 0.1) is 30.1 Å². The van der Waals surface area contributed by atoms with Gasteiger partial charge in [-0.25, -0.2) is 0 Å². The van der Waals surface area contributed by atoms with Gasteiger partial charge in [0.1, 0.15) is 0 Å². The third kappa shape index (κ3) is 3.50. The third-order valence-corrected chi connectivity index (χ3v) is 6.26. The highest BCUT2D eigenvalue weighted by molar-refractivity contribution is 7.17. The van der Waals surface area contributed by atoms with Crippen LogP contribution in [0.15, 0.2) is 54.6 Å². The highest BCUT2D eigenvalue weighted by Crippen LogP contribution is 2.42. The zero-order valence-electron chi connectivity index (χ0n) is 16.5. The molecule has 1 amide bonds. The minimum absolute atomic E-state index is 0.0431. The van der Waals surface area contributed by atoms with E-state index in [1.54, 1.807) is 19.1 Å². The van der Waals surface area contributed by atoms with Crippen molar-refractivity contribution in [1.82, 2.24) is 4.90 Å². The van der Waals surface area contributed by atoms with Crippen LogP contribution in [0.4, 0.5) is 5.00 Å². The molecule has 7 nitrogen and oxygen atoms in total. The van der Waals surface area contributed by atoms with Gasteiger partial charge >= 0.3 is 5.00 Å². The molecule has 1 aliphatic rings. The number of nitro groups is 1. The van der Waals surface area contributed by atoms with Crippen molar-refractivity contribution in [3.8, 4) is 11.5 Å². The van der Waals surface area contributed by atoms with Gasteiger partial charge in [-0.3, -0.25) is 14.9 Å². The summed E-state index contributed by atoms with van der Waals surface area (Å²) in [5, 5.41) is 11.0. The molecule has 1 aliphatic heterocycles. The van der Waals surface area contributed by atoms with Crippen molar-refractivity contribution in [2.75, 3.05) is 20.8 Å². The second kappa shape index (κ2) is 8.16. The van der Waals surface area contributed by atoms with E-state index in [9.17, 15) is 14.9 Å². The molecule has 0 aliphatic carbocycles. The molecule has 0 N–H and O–H groups in total. The number of benzene rings is 2. The summed E-state index contributed by atoms with van der Waals surface area (Å²) in [6.45, 7) is 0.493. The molecule has 1 aromatic heterocycles. The van der Waals surface area contributed by atoms with Crippen LogP contribution in [0.1, 0.15) is 32.4 Å². The molecule has 2 heterocycles. The first-order chi connectivity index (χ1) is 14.5. The maximum absolute atomic E-state index is 13.4. The second-order valence-corrected chi connectivity index (χ2v) is 7.92. The summed E-state index contributed by atoms with van der Waals surface area (Å²) in [5.74, 6) is 1.03. The number of methoxy groups -OCH3 is 2. The van der Waals surface area contributed by atoms with E-state index in [1.165, 1.54) is 12.1 Å².